The molecule has 1 aliphatic heterocycles. The molecule has 0 saturated carbocycles. The van der Waals surface area contributed by atoms with Gasteiger partial charge in [0.05, 0.1) is 5.69 Å². The van der Waals surface area contributed by atoms with Crippen LogP contribution < -0.4 is 0 Å². The summed E-state index contributed by atoms with van der Waals surface area (Å²) in [4.78, 5) is 31.6. The predicted molar refractivity (Wildman–Crippen MR) is 107 cm³/mol. The summed E-state index contributed by atoms with van der Waals surface area (Å²) in [6.07, 6.45) is 0. The highest BCUT2D eigenvalue weighted by Gasteiger charge is 2.54. The SMILES string of the molecule is Cc1cc(Br)ccc1-c1nc(C2C(=O)C(C)(C)OC(C)(C)C2=O)c(C)s1. The zero-order valence-corrected chi connectivity index (χ0v) is 18.2. The zero-order valence-electron chi connectivity index (χ0n) is 15.8. The first-order chi connectivity index (χ1) is 11.9. The van der Waals surface area contributed by atoms with Crippen molar-refractivity contribution in [2.75, 3.05) is 0 Å². The van der Waals surface area contributed by atoms with E-state index in [0.29, 0.717) is 5.69 Å². The van der Waals surface area contributed by atoms with Crippen LogP contribution in [-0.2, 0) is 14.3 Å². The van der Waals surface area contributed by atoms with Gasteiger partial charge in [-0.3, -0.25) is 9.59 Å². The fraction of sp³-hybridized carbons (Fsp3) is 0.450. The van der Waals surface area contributed by atoms with Gasteiger partial charge in [0.1, 0.15) is 22.1 Å². The maximum absolute atomic E-state index is 13.0. The summed E-state index contributed by atoms with van der Waals surface area (Å²) in [5.74, 6) is -1.34. The molecule has 1 fully saturated rings. The van der Waals surface area contributed by atoms with Crippen molar-refractivity contribution in [3.05, 3.63) is 38.8 Å². The van der Waals surface area contributed by atoms with Crippen LogP contribution >= 0.6 is 27.3 Å². The number of halogens is 1. The van der Waals surface area contributed by atoms with Crippen molar-refractivity contribution in [2.45, 2.75) is 58.7 Å². The number of nitrogens with zero attached hydrogens (tertiary/aromatic N) is 1. The van der Waals surface area contributed by atoms with Crippen LogP contribution in [0.5, 0.6) is 0 Å². The van der Waals surface area contributed by atoms with Crippen LogP contribution in [-0.4, -0.2) is 27.8 Å². The highest BCUT2D eigenvalue weighted by Crippen LogP contribution is 2.41. The van der Waals surface area contributed by atoms with E-state index in [1.165, 1.54) is 11.3 Å². The molecule has 3 rings (SSSR count). The number of Topliss-reactive ketones (excluding diaryl/α,β-unsaturated/α-hetero) is 2. The summed E-state index contributed by atoms with van der Waals surface area (Å²) in [5.41, 5.74) is 0.618. The number of carbonyl (C=O) groups is 2. The van der Waals surface area contributed by atoms with Gasteiger partial charge in [0.2, 0.25) is 0 Å². The van der Waals surface area contributed by atoms with Crippen molar-refractivity contribution < 1.29 is 14.3 Å². The second kappa shape index (κ2) is 6.36. The van der Waals surface area contributed by atoms with Gasteiger partial charge in [-0.1, -0.05) is 22.0 Å². The van der Waals surface area contributed by atoms with Crippen molar-refractivity contribution in [3.63, 3.8) is 0 Å². The molecule has 0 radical (unpaired) electrons. The Morgan fingerprint density at radius 2 is 1.65 bits per heavy atom. The molecule has 6 heteroatoms. The summed E-state index contributed by atoms with van der Waals surface area (Å²) in [6, 6.07) is 6.00. The summed E-state index contributed by atoms with van der Waals surface area (Å²) >= 11 is 4.99. The fourth-order valence-electron chi connectivity index (χ4n) is 3.46. The molecule has 2 heterocycles. The predicted octanol–water partition coefficient (Wildman–Crippen LogP) is 5.00. The van der Waals surface area contributed by atoms with Gasteiger partial charge in [0.25, 0.3) is 0 Å². The van der Waals surface area contributed by atoms with E-state index in [1.54, 1.807) is 27.7 Å². The lowest BCUT2D eigenvalue weighted by Crippen LogP contribution is -2.58. The molecular formula is C20H22BrNO3S. The van der Waals surface area contributed by atoms with Crippen LogP contribution in [0.2, 0.25) is 0 Å². The molecule has 4 nitrogen and oxygen atoms in total. The average molecular weight is 436 g/mol. The number of carbonyl (C=O) groups excluding carboxylic acids is 2. The van der Waals surface area contributed by atoms with Crippen molar-refractivity contribution in [1.82, 2.24) is 4.98 Å². The number of aryl methyl sites for hydroxylation is 2. The molecule has 138 valence electrons. The maximum Gasteiger partial charge on any atom is 0.180 e. The Morgan fingerprint density at radius 1 is 1.08 bits per heavy atom. The number of aromatic nitrogens is 1. The molecule has 1 aromatic carbocycles. The minimum absolute atomic E-state index is 0.227. The molecule has 26 heavy (non-hydrogen) atoms. The number of ketones is 2. The summed E-state index contributed by atoms with van der Waals surface area (Å²) in [5, 5.41) is 0.824. The highest BCUT2D eigenvalue weighted by molar-refractivity contribution is 9.10. The first-order valence-corrected chi connectivity index (χ1v) is 10.1. The summed E-state index contributed by atoms with van der Waals surface area (Å²) in [7, 11) is 0. The number of ether oxygens (including phenoxy) is 1. The maximum atomic E-state index is 13.0. The van der Waals surface area contributed by atoms with Crippen molar-refractivity contribution in [2.24, 2.45) is 0 Å². The van der Waals surface area contributed by atoms with E-state index in [-0.39, 0.29) is 11.6 Å². The minimum atomic E-state index is -1.02. The van der Waals surface area contributed by atoms with Crippen LogP contribution in [0.25, 0.3) is 10.6 Å². The topological polar surface area (TPSA) is 56.3 Å². The largest absolute Gasteiger partial charge is 0.354 e. The van der Waals surface area contributed by atoms with Crippen molar-refractivity contribution in [3.8, 4) is 10.6 Å². The molecule has 2 aromatic rings. The third kappa shape index (κ3) is 3.19. The normalized spacial score (nSPS) is 19.8. The van der Waals surface area contributed by atoms with Gasteiger partial charge in [-0.15, -0.1) is 11.3 Å². The second-order valence-corrected chi connectivity index (χ2v) is 9.82. The number of hydrogen-bond acceptors (Lipinski definition) is 5. The van der Waals surface area contributed by atoms with Crippen molar-refractivity contribution in [1.29, 1.82) is 0 Å². The van der Waals surface area contributed by atoms with E-state index in [1.807, 2.05) is 32.0 Å². The Balaban J connectivity index is 2.11. The Bertz CT molecular complexity index is 888. The zero-order chi connectivity index (χ0) is 19.4. The fourth-order valence-corrected chi connectivity index (χ4v) is 4.98. The van der Waals surface area contributed by atoms with E-state index < -0.39 is 17.1 Å². The van der Waals surface area contributed by atoms with Gasteiger partial charge < -0.3 is 4.74 Å². The van der Waals surface area contributed by atoms with E-state index in [9.17, 15) is 9.59 Å². The molecule has 0 spiro atoms. The van der Waals surface area contributed by atoms with Crippen LogP contribution in [0.3, 0.4) is 0 Å². The summed E-state index contributed by atoms with van der Waals surface area (Å²) < 4.78 is 6.78. The van der Waals surface area contributed by atoms with Crippen molar-refractivity contribution >= 4 is 38.8 Å². The Kier molecular flexibility index (Phi) is 4.74. The van der Waals surface area contributed by atoms with Gasteiger partial charge in [-0.25, -0.2) is 4.98 Å². The third-order valence-corrected chi connectivity index (χ3v) is 6.26. The number of thiazole rings is 1. The molecule has 1 saturated heterocycles. The van der Waals surface area contributed by atoms with Crippen LogP contribution in [0, 0.1) is 13.8 Å². The second-order valence-electron chi connectivity index (χ2n) is 7.70. The van der Waals surface area contributed by atoms with E-state index >= 15 is 0 Å². The standard InChI is InChI=1S/C20H22BrNO3S/c1-10-9-12(21)7-8-13(10)18-22-15(11(2)26-18)14-16(23)19(3,4)25-20(5,6)17(14)24/h7-9,14H,1-6H3. The highest BCUT2D eigenvalue weighted by atomic mass is 79.9. The molecule has 1 aliphatic rings. The van der Waals surface area contributed by atoms with Gasteiger partial charge in [0.15, 0.2) is 11.6 Å². The molecule has 0 unspecified atom stereocenters. The van der Waals surface area contributed by atoms with Gasteiger partial charge in [-0.05, 0) is 59.2 Å². The molecule has 0 N–H and O–H groups in total. The lowest BCUT2D eigenvalue weighted by molar-refractivity contribution is -0.184. The monoisotopic (exact) mass is 435 g/mol. The third-order valence-electron chi connectivity index (χ3n) is 4.75. The number of benzene rings is 1. The number of rotatable bonds is 2. The van der Waals surface area contributed by atoms with Crippen LogP contribution in [0.15, 0.2) is 22.7 Å². The first-order valence-electron chi connectivity index (χ1n) is 8.46. The van der Waals surface area contributed by atoms with E-state index in [0.717, 1.165) is 25.5 Å². The molecule has 1 aromatic heterocycles. The quantitative estimate of drug-likeness (QED) is 0.622. The van der Waals surface area contributed by atoms with E-state index in [2.05, 4.69) is 15.9 Å². The van der Waals surface area contributed by atoms with Gasteiger partial charge >= 0.3 is 0 Å². The smallest absolute Gasteiger partial charge is 0.180 e. The molecule has 0 aliphatic carbocycles. The van der Waals surface area contributed by atoms with E-state index in [4.69, 9.17) is 9.72 Å². The first kappa shape index (κ1) is 19.4. The Hall–Kier alpha value is -1.37. The Labute approximate surface area is 166 Å². The lowest BCUT2D eigenvalue weighted by atomic mass is 9.76. The van der Waals surface area contributed by atoms with Crippen LogP contribution in [0.4, 0.5) is 0 Å². The summed E-state index contributed by atoms with van der Waals surface area (Å²) in [6.45, 7) is 10.8. The number of hydrogen-bond donors (Lipinski definition) is 0. The average Bonchev–Trinajstić information content (AvgIpc) is 2.86. The molecule has 0 bridgehead atoms. The van der Waals surface area contributed by atoms with Crippen LogP contribution in [0.1, 0.15) is 49.7 Å². The minimum Gasteiger partial charge on any atom is -0.354 e. The van der Waals surface area contributed by atoms with Gasteiger partial charge in [0, 0.05) is 14.9 Å². The molecule has 0 amide bonds. The lowest BCUT2D eigenvalue weighted by Gasteiger charge is -2.42. The Morgan fingerprint density at radius 3 is 2.19 bits per heavy atom. The molecular weight excluding hydrogens is 414 g/mol. The molecule has 0 atom stereocenters. The van der Waals surface area contributed by atoms with Gasteiger partial charge in [-0.2, -0.15) is 0 Å².